The number of alkyl halides is 3. The van der Waals surface area contributed by atoms with Gasteiger partial charge in [-0.25, -0.2) is 0 Å². The summed E-state index contributed by atoms with van der Waals surface area (Å²) < 4.78 is 46.8. The summed E-state index contributed by atoms with van der Waals surface area (Å²) in [6.07, 6.45) is -4.27. The first-order chi connectivity index (χ1) is 14.2. The number of aliphatic carboxylic acids is 1. The molecule has 0 fully saturated rings. The number of nitrogens with zero attached hydrogens (tertiary/aromatic N) is 1. The van der Waals surface area contributed by atoms with Crippen molar-refractivity contribution in [3.05, 3.63) is 57.6 Å². The number of ether oxygens (including phenoxy) is 1. The molecule has 2 aliphatic rings. The quantitative estimate of drug-likeness (QED) is 0.665. The number of fused-ring (bicyclic) bond motifs is 2. The van der Waals surface area contributed by atoms with Gasteiger partial charge in [0.1, 0.15) is 5.75 Å². The minimum Gasteiger partial charge on any atom is -0.493 e. The molecule has 0 saturated carbocycles. The van der Waals surface area contributed by atoms with Crippen molar-refractivity contribution >= 4 is 33.5 Å². The van der Waals surface area contributed by atoms with E-state index in [-0.39, 0.29) is 24.6 Å². The van der Waals surface area contributed by atoms with Crippen molar-refractivity contribution in [1.82, 2.24) is 0 Å². The average Bonchev–Trinajstić information content (AvgIpc) is 3.26. The van der Waals surface area contributed by atoms with Crippen LogP contribution in [0.3, 0.4) is 0 Å². The normalized spacial score (nSPS) is 19.7. The number of rotatable bonds is 4. The van der Waals surface area contributed by atoms with Crippen LogP contribution in [0.4, 0.5) is 18.9 Å². The summed E-state index contributed by atoms with van der Waals surface area (Å²) in [5, 5.41) is 9.03. The zero-order chi connectivity index (χ0) is 21.6. The fraction of sp³-hybridized carbons (Fsp3) is 0.333. The minimum atomic E-state index is -5.04. The number of anilines is 1. The Kier molecular flexibility index (Phi) is 5.25. The summed E-state index contributed by atoms with van der Waals surface area (Å²) in [6.45, 7) is 0.136. The molecule has 5 nitrogen and oxygen atoms in total. The number of benzene rings is 2. The van der Waals surface area contributed by atoms with Crippen LogP contribution in [0.15, 0.2) is 40.9 Å². The van der Waals surface area contributed by atoms with E-state index in [1.165, 1.54) is 12.1 Å². The highest BCUT2D eigenvalue weighted by Gasteiger charge is 2.47. The second-order valence-corrected chi connectivity index (χ2v) is 8.22. The monoisotopic (exact) mass is 483 g/mol. The third-order valence-electron chi connectivity index (χ3n) is 5.53. The lowest BCUT2D eigenvalue weighted by molar-refractivity contribution is -0.171. The maximum atomic E-state index is 13.5. The van der Waals surface area contributed by atoms with Gasteiger partial charge in [0.25, 0.3) is 0 Å². The van der Waals surface area contributed by atoms with Gasteiger partial charge < -0.3 is 9.84 Å². The third-order valence-corrected chi connectivity index (χ3v) is 6.27. The van der Waals surface area contributed by atoms with Crippen molar-refractivity contribution < 1.29 is 32.6 Å². The Bertz CT molecular complexity index is 1020. The number of halogens is 4. The Morgan fingerprint density at radius 1 is 1.20 bits per heavy atom. The van der Waals surface area contributed by atoms with Gasteiger partial charge in [-0.05, 0) is 36.1 Å². The van der Waals surface area contributed by atoms with Crippen LogP contribution in [0, 0.1) is 0 Å². The second-order valence-electron chi connectivity index (χ2n) is 7.36. The predicted molar refractivity (Wildman–Crippen MR) is 106 cm³/mol. The zero-order valence-corrected chi connectivity index (χ0v) is 17.2. The second kappa shape index (κ2) is 7.61. The highest BCUT2D eigenvalue weighted by molar-refractivity contribution is 9.10. The molecule has 1 aliphatic carbocycles. The van der Waals surface area contributed by atoms with E-state index < -0.39 is 24.1 Å². The standard InChI is InChI=1S/C21H17BrF3NO4/c22-16-3-1-2-15-14(16)6-7-17(15)26(20(29)21(23,24)25)12-4-5-13-11(8-19(27)28)10-30-18(13)9-12/h1-5,9,11,17H,6-8,10H2,(H,27,28)/t11-,17?/m1/s1. The minimum absolute atomic E-state index is 0.0740. The van der Waals surface area contributed by atoms with Crippen LogP contribution in [0.2, 0.25) is 0 Å². The van der Waals surface area contributed by atoms with Crippen LogP contribution in [-0.2, 0) is 16.0 Å². The maximum Gasteiger partial charge on any atom is 0.471 e. The van der Waals surface area contributed by atoms with Crippen molar-refractivity contribution in [2.45, 2.75) is 37.4 Å². The predicted octanol–water partition coefficient (Wildman–Crippen LogP) is 4.98. The van der Waals surface area contributed by atoms with Gasteiger partial charge >= 0.3 is 18.1 Å². The van der Waals surface area contributed by atoms with Crippen LogP contribution < -0.4 is 9.64 Å². The molecule has 2 aromatic rings. The zero-order valence-electron chi connectivity index (χ0n) is 15.6. The van der Waals surface area contributed by atoms with E-state index in [9.17, 15) is 22.8 Å². The number of carboxylic acids is 1. The van der Waals surface area contributed by atoms with E-state index in [1.807, 2.05) is 6.07 Å². The molecule has 1 heterocycles. The Balaban J connectivity index is 1.75. The fourth-order valence-electron chi connectivity index (χ4n) is 4.23. The highest BCUT2D eigenvalue weighted by Crippen LogP contribution is 2.45. The van der Waals surface area contributed by atoms with Crippen molar-refractivity contribution in [3.8, 4) is 5.75 Å². The molecule has 0 saturated heterocycles. The van der Waals surface area contributed by atoms with Crippen LogP contribution in [0.5, 0.6) is 5.75 Å². The van der Waals surface area contributed by atoms with Gasteiger partial charge in [-0.3, -0.25) is 14.5 Å². The molecule has 158 valence electrons. The molecule has 1 N–H and O–H groups in total. The molecule has 30 heavy (non-hydrogen) atoms. The molecule has 9 heteroatoms. The lowest BCUT2D eigenvalue weighted by Gasteiger charge is -2.31. The molecule has 4 rings (SSSR count). The topological polar surface area (TPSA) is 66.8 Å². The molecule has 0 radical (unpaired) electrons. The molecule has 2 atom stereocenters. The number of amides is 1. The first kappa shape index (κ1) is 20.7. The first-order valence-electron chi connectivity index (χ1n) is 9.33. The molecule has 0 spiro atoms. The SMILES string of the molecule is O=C(O)C[C@@H]1COc2cc(N(C(=O)C(F)(F)F)C3CCc4c(Br)cccc43)ccc21. The lowest BCUT2D eigenvalue weighted by Crippen LogP contribution is -2.43. The maximum absolute atomic E-state index is 13.5. The molecular weight excluding hydrogens is 467 g/mol. The van der Waals surface area contributed by atoms with Gasteiger partial charge in [0.05, 0.1) is 19.1 Å². The Morgan fingerprint density at radius 2 is 1.97 bits per heavy atom. The molecular formula is C21H17BrF3NO4. The van der Waals surface area contributed by atoms with E-state index in [2.05, 4.69) is 15.9 Å². The first-order valence-corrected chi connectivity index (χ1v) is 10.1. The van der Waals surface area contributed by atoms with E-state index >= 15 is 0 Å². The van der Waals surface area contributed by atoms with Gasteiger partial charge in [-0.2, -0.15) is 13.2 Å². The molecule has 0 bridgehead atoms. The number of carboxylic acid groups (broad SMARTS) is 1. The smallest absolute Gasteiger partial charge is 0.471 e. The van der Waals surface area contributed by atoms with Crippen molar-refractivity contribution in [1.29, 1.82) is 0 Å². The lowest BCUT2D eigenvalue weighted by atomic mass is 9.97. The summed E-state index contributed by atoms with van der Waals surface area (Å²) >= 11 is 3.43. The number of carbonyl (C=O) groups is 2. The van der Waals surface area contributed by atoms with Crippen molar-refractivity contribution in [2.24, 2.45) is 0 Å². The van der Waals surface area contributed by atoms with Gasteiger partial charge in [-0.15, -0.1) is 0 Å². The molecule has 1 unspecified atom stereocenters. The van der Waals surface area contributed by atoms with E-state index in [0.717, 1.165) is 14.9 Å². The van der Waals surface area contributed by atoms with Crippen LogP contribution in [0.1, 0.15) is 41.5 Å². The highest BCUT2D eigenvalue weighted by atomic mass is 79.9. The molecule has 1 amide bonds. The average molecular weight is 484 g/mol. The summed E-state index contributed by atoms with van der Waals surface area (Å²) in [4.78, 5) is 24.2. The van der Waals surface area contributed by atoms with Gasteiger partial charge in [0.2, 0.25) is 0 Å². The Morgan fingerprint density at radius 3 is 2.67 bits per heavy atom. The van der Waals surface area contributed by atoms with Crippen molar-refractivity contribution in [2.75, 3.05) is 11.5 Å². The van der Waals surface area contributed by atoms with E-state index in [0.29, 0.717) is 29.7 Å². The largest absolute Gasteiger partial charge is 0.493 e. The van der Waals surface area contributed by atoms with Crippen LogP contribution in [0.25, 0.3) is 0 Å². The number of hydrogen-bond acceptors (Lipinski definition) is 3. The van der Waals surface area contributed by atoms with Gasteiger partial charge in [-0.1, -0.05) is 34.1 Å². The summed E-state index contributed by atoms with van der Waals surface area (Å²) in [7, 11) is 0. The van der Waals surface area contributed by atoms with Gasteiger partial charge in [0, 0.05) is 27.7 Å². The van der Waals surface area contributed by atoms with Crippen LogP contribution in [-0.4, -0.2) is 29.8 Å². The van der Waals surface area contributed by atoms with E-state index in [1.54, 1.807) is 18.2 Å². The summed E-state index contributed by atoms with van der Waals surface area (Å²) in [5.41, 5.74) is 2.26. The number of hydrogen-bond donors (Lipinski definition) is 1. The Hall–Kier alpha value is -2.55. The third kappa shape index (κ3) is 3.66. The summed E-state index contributed by atoms with van der Waals surface area (Å²) in [5.74, 6) is -2.99. The molecule has 1 aliphatic heterocycles. The molecule has 0 aromatic heterocycles. The summed E-state index contributed by atoms with van der Waals surface area (Å²) in [6, 6.07) is 8.92. The molecule has 2 aromatic carbocycles. The van der Waals surface area contributed by atoms with E-state index in [4.69, 9.17) is 9.84 Å². The van der Waals surface area contributed by atoms with Crippen molar-refractivity contribution in [3.63, 3.8) is 0 Å². The van der Waals surface area contributed by atoms with Crippen LogP contribution >= 0.6 is 15.9 Å². The Labute approximate surface area is 178 Å². The van der Waals surface area contributed by atoms with Gasteiger partial charge in [0.15, 0.2) is 0 Å². The number of carbonyl (C=O) groups excluding carboxylic acids is 1. The fourth-order valence-corrected chi connectivity index (χ4v) is 4.81.